The van der Waals surface area contributed by atoms with Crippen LogP contribution in [0.1, 0.15) is 13.8 Å². The predicted octanol–water partition coefficient (Wildman–Crippen LogP) is -1.05. The van der Waals surface area contributed by atoms with Gasteiger partial charge >= 0.3 is 5.97 Å². The summed E-state index contributed by atoms with van der Waals surface area (Å²) in [5.41, 5.74) is 5.51. The third-order valence-corrected chi connectivity index (χ3v) is 2.92. The highest BCUT2D eigenvalue weighted by Crippen LogP contribution is 2.07. The standard InChI is InChI=1S/C10H19N3O3/c1-7(11)9(14)13-5-3-12(4-6-13)8(2)10(15)16/h7-8H,3-6,11H2,1-2H3,(H,15,16)/t7-,8?/m1/s1. The Bertz CT molecular complexity index is 272. The van der Waals surface area contributed by atoms with Gasteiger partial charge in [-0.3, -0.25) is 14.5 Å². The fourth-order valence-corrected chi connectivity index (χ4v) is 1.77. The molecule has 1 aliphatic rings. The smallest absolute Gasteiger partial charge is 0.320 e. The second kappa shape index (κ2) is 5.27. The predicted molar refractivity (Wildman–Crippen MR) is 58.9 cm³/mol. The number of rotatable bonds is 3. The number of aliphatic carboxylic acids is 1. The summed E-state index contributed by atoms with van der Waals surface area (Å²) in [5, 5.41) is 8.86. The molecule has 1 rings (SSSR count). The fourth-order valence-electron chi connectivity index (χ4n) is 1.77. The van der Waals surface area contributed by atoms with E-state index >= 15 is 0 Å². The molecule has 0 aromatic carbocycles. The van der Waals surface area contributed by atoms with Crippen LogP contribution < -0.4 is 5.73 Å². The zero-order valence-electron chi connectivity index (χ0n) is 9.72. The van der Waals surface area contributed by atoms with Crippen molar-refractivity contribution >= 4 is 11.9 Å². The van der Waals surface area contributed by atoms with Crippen molar-refractivity contribution in [3.05, 3.63) is 0 Å². The van der Waals surface area contributed by atoms with Gasteiger partial charge in [0.25, 0.3) is 0 Å². The minimum absolute atomic E-state index is 0.0670. The van der Waals surface area contributed by atoms with Crippen LogP contribution in [0.25, 0.3) is 0 Å². The van der Waals surface area contributed by atoms with E-state index in [0.717, 1.165) is 0 Å². The van der Waals surface area contributed by atoms with Gasteiger partial charge in [0.05, 0.1) is 6.04 Å². The molecule has 0 bridgehead atoms. The molecule has 6 nitrogen and oxygen atoms in total. The summed E-state index contributed by atoms with van der Waals surface area (Å²) in [6.45, 7) is 5.60. The summed E-state index contributed by atoms with van der Waals surface area (Å²) >= 11 is 0. The van der Waals surface area contributed by atoms with E-state index in [1.807, 2.05) is 4.90 Å². The van der Waals surface area contributed by atoms with Crippen molar-refractivity contribution in [2.75, 3.05) is 26.2 Å². The molecule has 1 aliphatic heterocycles. The van der Waals surface area contributed by atoms with Crippen LogP contribution in [0.3, 0.4) is 0 Å². The van der Waals surface area contributed by atoms with E-state index in [2.05, 4.69) is 0 Å². The summed E-state index contributed by atoms with van der Waals surface area (Å²) < 4.78 is 0. The highest BCUT2D eigenvalue weighted by Gasteiger charge is 2.27. The third-order valence-electron chi connectivity index (χ3n) is 2.92. The number of piperazine rings is 1. The van der Waals surface area contributed by atoms with Crippen LogP contribution >= 0.6 is 0 Å². The Labute approximate surface area is 95.0 Å². The highest BCUT2D eigenvalue weighted by atomic mass is 16.4. The van der Waals surface area contributed by atoms with Gasteiger partial charge < -0.3 is 15.7 Å². The number of hydrogen-bond donors (Lipinski definition) is 2. The van der Waals surface area contributed by atoms with Gasteiger partial charge in [0.1, 0.15) is 6.04 Å². The molecule has 2 atom stereocenters. The molecule has 0 aromatic rings. The number of nitrogens with zero attached hydrogens (tertiary/aromatic N) is 2. The van der Waals surface area contributed by atoms with Crippen LogP contribution in [0, 0.1) is 0 Å². The number of hydrogen-bond acceptors (Lipinski definition) is 4. The van der Waals surface area contributed by atoms with E-state index in [1.165, 1.54) is 0 Å². The number of amides is 1. The first-order valence-electron chi connectivity index (χ1n) is 5.44. The molecule has 1 amide bonds. The van der Waals surface area contributed by atoms with Gasteiger partial charge in [0.15, 0.2) is 0 Å². The first-order valence-corrected chi connectivity index (χ1v) is 5.44. The molecular weight excluding hydrogens is 210 g/mol. The lowest BCUT2D eigenvalue weighted by atomic mass is 10.2. The average molecular weight is 229 g/mol. The van der Waals surface area contributed by atoms with E-state index in [1.54, 1.807) is 18.7 Å². The van der Waals surface area contributed by atoms with Crippen molar-refractivity contribution in [1.82, 2.24) is 9.80 Å². The summed E-state index contributed by atoms with van der Waals surface area (Å²) in [6, 6.07) is -0.976. The molecule has 1 heterocycles. The topological polar surface area (TPSA) is 86.9 Å². The molecule has 0 radical (unpaired) electrons. The average Bonchev–Trinajstić information content (AvgIpc) is 2.27. The number of nitrogens with two attached hydrogens (primary N) is 1. The lowest BCUT2D eigenvalue weighted by Crippen LogP contribution is -2.55. The molecule has 0 saturated carbocycles. The summed E-state index contributed by atoms with van der Waals surface area (Å²) in [4.78, 5) is 25.9. The Morgan fingerprint density at radius 1 is 1.19 bits per heavy atom. The SMILES string of the molecule is CC(C(=O)O)N1CCN(C(=O)[C@@H](C)N)CC1. The molecule has 1 saturated heterocycles. The minimum atomic E-state index is -0.827. The van der Waals surface area contributed by atoms with Crippen LogP contribution in [0.5, 0.6) is 0 Å². The number of carbonyl (C=O) groups excluding carboxylic acids is 1. The minimum Gasteiger partial charge on any atom is -0.480 e. The van der Waals surface area contributed by atoms with Crippen molar-refractivity contribution in [2.45, 2.75) is 25.9 Å². The molecule has 1 fully saturated rings. The maximum Gasteiger partial charge on any atom is 0.320 e. The van der Waals surface area contributed by atoms with Gasteiger partial charge in [-0.1, -0.05) is 0 Å². The fraction of sp³-hybridized carbons (Fsp3) is 0.800. The Balaban J connectivity index is 2.45. The Morgan fingerprint density at radius 3 is 2.06 bits per heavy atom. The molecular formula is C10H19N3O3. The van der Waals surface area contributed by atoms with Crippen LogP contribution in [0.15, 0.2) is 0 Å². The van der Waals surface area contributed by atoms with E-state index in [4.69, 9.17) is 10.8 Å². The van der Waals surface area contributed by atoms with Crippen molar-refractivity contribution in [2.24, 2.45) is 5.73 Å². The zero-order chi connectivity index (χ0) is 12.3. The van der Waals surface area contributed by atoms with Crippen LogP contribution in [0.4, 0.5) is 0 Å². The Hall–Kier alpha value is -1.14. The summed E-state index contributed by atoms with van der Waals surface area (Å²) in [5.74, 6) is -0.894. The molecule has 0 aromatic heterocycles. The van der Waals surface area contributed by atoms with Crippen LogP contribution in [-0.4, -0.2) is 65.0 Å². The van der Waals surface area contributed by atoms with Crippen molar-refractivity contribution in [3.63, 3.8) is 0 Å². The van der Waals surface area contributed by atoms with Crippen molar-refractivity contribution < 1.29 is 14.7 Å². The summed E-state index contributed by atoms with van der Waals surface area (Å²) in [7, 11) is 0. The van der Waals surface area contributed by atoms with Gasteiger partial charge in [0.2, 0.25) is 5.91 Å². The van der Waals surface area contributed by atoms with E-state index in [9.17, 15) is 9.59 Å². The third kappa shape index (κ3) is 2.93. The Morgan fingerprint density at radius 2 is 1.69 bits per heavy atom. The van der Waals surface area contributed by atoms with Gasteiger partial charge in [-0.25, -0.2) is 0 Å². The van der Waals surface area contributed by atoms with Gasteiger partial charge in [-0.2, -0.15) is 0 Å². The lowest BCUT2D eigenvalue weighted by molar-refractivity contribution is -0.144. The quantitative estimate of drug-likeness (QED) is 0.645. The monoisotopic (exact) mass is 229 g/mol. The van der Waals surface area contributed by atoms with E-state index < -0.39 is 18.1 Å². The van der Waals surface area contributed by atoms with Crippen LogP contribution in [0.2, 0.25) is 0 Å². The van der Waals surface area contributed by atoms with Crippen LogP contribution in [-0.2, 0) is 9.59 Å². The van der Waals surface area contributed by atoms with Gasteiger partial charge in [-0.05, 0) is 13.8 Å². The molecule has 6 heteroatoms. The molecule has 16 heavy (non-hydrogen) atoms. The maximum atomic E-state index is 11.6. The Kier molecular flexibility index (Phi) is 4.26. The normalized spacial score (nSPS) is 21.6. The first kappa shape index (κ1) is 12.9. The second-order valence-corrected chi connectivity index (χ2v) is 4.16. The van der Waals surface area contributed by atoms with E-state index in [-0.39, 0.29) is 5.91 Å². The number of carbonyl (C=O) groups is 2. The van der Waals surface area contributed by atoms with Gasteiger partial charge in [0, 0.05) is 26.2 Å². The second-order valence-electron chi connectivity index (χ2n) is 4.16. The largest absolute Gasteiger partial charge is 0.480 e. The molecule has 0 aliphatic carbocycles. The maximum absolute atomic E-state index is 11.6. The highest BCUT2D eigenvalue weighted by molar-refractivity contribution is 5.81. The number of carboxylic acids is 1. The number of carboxylic acid groups (broad SMARTS) is 1. The van der Waals surface area contributed by atoms with Gasteiger partial charge in [-0.15, -0.1) is 0 Å². The van der Waals surface area contributed by atoms with Crippen molar-refractivity contribution in [1.29, 1.82) is 0 Å². The molecule has 0 spiro atoms. The molecule has 1 unspecified atom stereocenters. The molecule has 3 N–H and O–H groups in total. The van der Waals surface area contributed by atoms with Crippen molar-refractivity contribution in [3.8, 4) is 0 Å². The molecule has 92 valence electrons. The summed E-state index contributed by atoms with van der Waals surface area (Å²) in [6.07, 6.45) is 0. The van der Waals surface area contributed by atoms with E-state index in [0.29, 0.717) is 26.2 Å². The lowest BCUT2D eigenvalue weighted by Gasteiger charge is -2.37. The zero-order valence-corrected chi connectivity index (χ0v) is 9.72. The first-order chi connectivity index (χ1) is 7.43.